The Morgan fingerprint density at radius 1 is 1.20 bits per heavy atom. The molecule has 25 heavy (non-hydrogen) atoms. The van der Waals surface area contributed by atoms with Gasteiger partial charge in [0.15, 0.2) is 0 Å². The van der Waals surface area contributed by atoms with Crippen LogP contribution in [0.2, 0.25) is 0 Å². The first-order valence-corrected chi connectivity index (χ1v) is 8.25. The van der Waals surface area contributed by atoms with Gasteiger partial charge in [0.1, 0.15) is 17.1 Å². The number of rotatable bonds is 4. The molecule has 1 aliphatic heterocycles. The van der Waals surface area contributed by atoms with Gasteiger partial charge in [-0.25, -0.2) is 0 Å². The average Bonchev–Trinajstić information content (AvgIpc) is 3.17. The number of nitrogens with zero attached hydrogens (tertiary/aromatic N) is 2. The number of ether oxygens (including phenoxy) is 1. The van der Waals surface area contributed by atoms with Gasteiger partial charge in [0.2, 0.25) is 0 Å². The summed E-state index contributed by atoms with van der Waals surface area (Å²) < 4.78 is 5.76. The van der Waals surface area contributed by atoms with Crippen molar-refractivity contribution >= 4 is 5.91 Å². The number of H-pyrrole nitrogens is 1. The summed E-state index contributed by atoms with van der Waals surface area (Å²) >= 11 is 0. The highest BCUT2D eigenvalue weighted by Crippen LogP contribution is 2.26. The third-order valence-corrected chi connectivity index (χ3v) is 4.26. The standard InChI is InChI=1S/C19H18N4O2/c24-19(17-10-16(22-23-17)15-6-3-4-8-20-15)21-11-13-9-14-5-1-2-7-18(14)25-12-13/h1-8,10,13H,9,11-12H2,(H,21,24)(H,22,23)/t13-/m0/s1. The van der Waals surface area contributed by atoms with E-state index in [4.69, 9.17) is 4.74 Å². The number of benzene rings is 1. The molecule has 2 aromatic heterocycles. The molecule has 6 heteroatoms. The molecule has 0 bridgehead atoms. The van der Waals surface area contributed by atoms with Gasteiger partial charge in [0, 0.05) is 18.7 Å². The number of nitrogens with one attached hydrogen (secondary N) is 2. The summed E-state index contributed by atoms with van der Waals surface area (Å²) in [5, 5.41) is 9.89. The van der Waals surface area contributed by atoms with Crippen LogP contribution < -0.4 is 10.1 Å². The molecule has 1 aromatic carbocycles. The Labute approximate surface area is 145 Å². The van der Waals surface area contributed by atoms with Crippen LogP contribution >= 0.6 is 0 Å². The number of pyridine rings is 1. The van der Waals surface area contributed by atoms with Crippen molar-refractivity contribution in [2.45, 2.75) is 6.42 Å². The second-order valence-corrected chi connectivity index (χ2v) is 6.08. The van der Waals surface area contributed by atoms with Crippen molar-refractivity contribution in [2.24, 2.45) is 5.92 Å². The van der Waals surface area contributed by atoms with Crippen LogP contribution in [0.15, 0.2) is 54.7 Å². The molecule has 1 atom stereocenters. The number of hydrogen-bond acceptors (Lipinski definition) is 4. The summed E-state index contributed by atoms with van der Waals surface area (Å²) in [4.78, 5) is 16.6. The fourth-order valence-electron chi connectivity index (χ4n) is 2.94. The van der Waals surface area contributed by atoms with Crippen LogP contribution in [0.25, 0.3) is 11.4 Å². The third-order valence-electron chi connectivity index (χ3n) is 4.26. The van der Waals surface area contributed by atoms with Gasteiger partial charge in [-0.2, -0.15) is 5.10 Å². The second-order valence-electron chi connectivity index (χ2n) is 6.08. The van der Waals surface area contributed by atoms with Crippen molar-refractivity contribution in [3.63, 3.8) is 0 Å². The van der Waals surface area contributed by atoms with Gasteiger partial charge in [-0.3, -0.25) is 14.9 Å². The number of carbonyl (C=O) groups is 1. The van der Waals surface area contributed by atoms with Gasteiger partial charge in [-0.15, -0.1) is 0 Å². The third kappa shape index (κ3) is 3.38. The Morgan fingerprint density at radius 3 is 2.96 bits per heavy atom. The minimum absolute atomic E-state index is 0.173. The second kappa shape index (κ2) is 6.76. The van der Waals surface area contributed by atoms with Gasteiger partial charge >= 0.3 is 0 Å². The monoisotopic (exact) mass is 334 g/mol. The minimum Gasteiger partial charge on any atom is -0.493 e. The van der Waals surface area contributed by atoms with E-state index >= 15 is 0 Å². The van der Waals surface area contributed by atoms with Crippen molar-refractivity contribution in [3.8, 4) is 17.1 Å². The lowest BCUT2D eigenvalue weighted by Crippen LogP contribution is -2.34. The smallest absolute Gasteiger partial charge is 0.269 e. The number of para-hydroxylation sites is 1. The highest BCUT2D eigenvalue weighted by Gasteiger charge is 2.20. The van der Waals surface area contributed by atoms with E-state index < -0.39 is 0 Å². The zero-order chi connectivity index (χ0) is 17.1. The number of hydrogen-bond donors (Lipinski definition) is 2. The van der Waals surface area contributed by atoms with Crippen molar-refractivity contribution < 1.29 is 9.53 Å². The highest BCUT2D eigenvalue weighted by atomic mass is 16.5. The van der Waals surface area contributed by atoms with Gasteiger partial charge < -0.3 is 10.1 Å². The van der Waals surface area contributed by atoms with Crippen molar-refractivity contribution in [3.05, 3.63) is 66.0 Å². The van der Waals surface area contributed by atoms with E-state index in [1.54, 1.807) is 12.3 Å². The van der Waals surface area contributed by atoms with E-state index in [0.717, 1.165) is 17.9 Å². The van der Waals surface area contributed by atoms with Crippen LogP contribution in [-0.4, -0.2) is 34.2 Å². The summed E-state index contributed by atoms with van der Waals surface area (Å²) in [6, 6.07) is 15.3. The first-order chi connectivity index (χ1) is 12.3. The normalized spacial score (nSPS) is 15.9. The number of aromatic nitrogens is 3. The van der Waals surface area contributed by atoms with E-state index in [9.17, 15) is 4.79 Å². The fourth-order valence-corrected chi connectivity index (χ4v) is 2.94. The molecule has 1 amide bonds. The summed E-state index contributed by atoms with van der Waals surface area (Å²) in [5.74, 6) is 1.03. The molecular weight excluding hydrogens is 316 g/mol. The predicted molar refractivity (Wildman–Crippen MR) is 93.3 cm³/mol. The molecule has 1 aliphatic rings. The molecule has 0 saturated carbocycles. The van der Waals surface area contributed by atoms with E-state index in [0.29, 0.717) is 24.5 Å². The lowest BCUT2D eigenvalue weighted by Gasteiger charge is -2.25. The Kier molecular flexibility index (Phi) is 4.16. The van der Waals surface area contributed by atoms with E-state index in [1.165, 1.54) is 5.56 Å². The van der Waals surface area contributed by atoms with Crippen molar-refractivity contribution in [1.82, 2.24) is 20.5 Å². The highest BCUT2D eigenvalue weighted by molar-refractivity contribution is 5.93. The molecule has 0 saturated heterocycles. The average molecular weight is 334 g/mol. The number of carbonyl (C=O) groups excluding carboxylic acids is 1. The first kappa shape index (κ1) is 15.4. The maximum absolute atomic E-state index is 12.3. The molecule has 4 rings (SSSR count). The maximum Gasteiger partial charge on any atom is 0.269 e. The summed E-state index contributed by atoms with van der Waals surface area (Å²) in [7, 11) is 0. The first-order valence-electron chi connectivity index (χ1n) is 8.25. The summed E-state index contributed by atoms with van der Waals surface area (Å²) in [5.41, 5.74) is 3.00. The summed E-state index contributed by atoms with van der Waals surface area (Å²) in [6.07, 6.45) is 2.60. The van der Waals surface area contributed by atoms with Crippen LogP contribution in [-0.2, 0) is 6.42 Å². The van der Waals surface area contributed by atoms with Crippen LogP contribution in [0.4, 0.5) is 0 Å². The number of fused-ring (bicyclic) bond motifs is 1. The lowest BCUT2D eigenvalue weighted by atomic mass is 9.97. The van der Waals surface area contributed by atoms with Crippen LogP contribution in [0, 0.1) is 5.92 Å². The quantitative estimate of drug-likeness (QED) is 0.768. The van der Waals surface area contributed by atoms with Gasteiger partial charge in [0.25, 0.3) is 5.91 Å². The van der Waals surface area contributed by atoms with Crippen molar-refractivity contribution in [1.29, 1.82) is 0 Å². The lowest BCUT2D eigenvalue weighted by molar-refractivity contribution is 0.0934. The SMILES string of the molecule is O=C(NC[C@H]1COc2ccccc2C1)c1cc(-c2ccccn2)n[nH]1. The predicted octanol–water partition coefficient (Wildman–Crippen LogP) is 2.45. The van der Waals surface area contributed by atoms with E-state index in [2.05, 4.69) is 26.6 Å². The molecule has 0 spiro atoms. The van der Waals surface area contributed by atoms with Crippen LogP contribution in [0.3, 0.4) is 0 Å². The molecule has 0 unspecified atom stereocenters. The maximum atomic E-state index is 12.3. The number of amides is 1. The zero-order valence-corrected chi connectivity index (χ0v) is 13.6. The molecule has 6 nitrogen and oxygen atoms in total. The number of aromatic amines is 1. The Balaban J connectivity index is 1.36. The van der Waals surface area contributed by atoms with Crippen molar-refractivity contribution in [2.75, 3.05) is 13.2 Å². The minimum atomic E-state index is -0.173. The Morgan fingerprint density at radius 2 is 2.08 bits per heavy atom. The van der Waals surface area contributed by atoms with Gasteiger partial charge in [-0.05, 0) is 36.2 Å². The molecule has 2 N–H and O–H groups in total. The summed E-state index contributed by atoms with van der Waals surface area (Å²) in [6.45, 7) is 1.17. The topological polar surface area (TPSA) is 79.9 Å². The molecular formula is C19H18N4O2. The largest absolute Gasteiger partial charge is 0.493 e. The Hall–Kier alpha value is -3.15. The van der Waals surface area contributed by atoms with E-state index in [1.807, 2.05) is 36.4 Å². The van der Waals surface area contributed by atoms with Crippen LogP contribution in [0.5, 0.6) is 5.75 Å². The van der Waals surface area contributed by atoms with Crippen LogP contribution in [0.1, 0.15) is 16.1 Å². The molecule has 0 radical (unpaired) electrons. The molecule has 3 heterocycles. The van der Waals surface area contributed by atoms with Gasteiger partial charge in [0.05, 0.1) is 12.3 Å². The molecule has 3 aromatic rings. The van der Waals surface area contributed by atoms with Gasteiger partial charge in [-0.1, -0.05) is 24.3 Å². The fraction of sp³-hybridized carbons (Fsp3) is 0.211. The molecule has 0 fully saturated rings. The van der Waals surface area contributed by atoms with E-state index in [-0.39, 0.29) is 11.8 Å². The Bertz CT molecular complexity index is 876. The molecule has 0 aliphatic carbocycles. The zero-order valence-electron chi connectivity index (χ0n) is 13.6. The molecule has 126 valence electrons.